The van der Waals surface area contributed by atoms with E-state index in [1.165, 1.54) is 38.5 Å². The van der Waals surface area contributed by atoms with Crippen LogP contribution in [0.25, 0.3) is 22.0 Å². The Morgan fingerprint density at radius 2 is 1.70 bits per heavy atom. The van der Waals surface area contributed by atoms with Crippen LogP contribution < -0.4 is 20.8 Å². The molecule has 1 heterocycles. The highest BCUT2D eigenvalue weighted by molar-refractivity contribution is 5.96. The van der Waals surface area contributed by atoms with Gasteiger partial charge in [0.2, 0.25) is 0 Å². The Labute approximate surface area is 151 Å². The third kappa shape index (κ3) is 3.33. The Balaban J connectivity index is 2.32. The van der Waals surface area contributed by atoms with Crippen LogP contribution in [-0.2, 0) is 12.7 Å². The van der Waals surface area contributed by atoms with E-state index in [1.54, 1.807) is 0 Å². The van der Waals surface area contributed by atoms with Gasteiger partial charge >= 0.3 is 6.18 Å². The van der Waals surface area contributed by atoms with Crippen LogP contribution in [0.1, 0.15) is 11.1 Å². The summed E-state index contributed by atoms with van der Waals surface area (Å²) in [5.41, 5.74) is 4.42. The van der Waals surface area contributed by atoms with Gasteiger partial charge in [0.1, 0.15) is 0 Å². The minimum absolute atomic E-state index is 0.0285. The number of ether oxygens (including phenoxy) is 2. The zero-order valence-corrected chi connectivity index (χ0v) is 14.5. The normalized spacial score (nSPS) is 11.6. The van der Waals surface area contributed by atoms with E-state index in [1.807, 2.05) is 0 Å². The molecule has 0 fully saturated rings. The van der Waals surface area contributed by atoms with Crippen molar-refractivity contribution in [2.45, 2.75) is 12.7 Å². The Morgan fingerprint density at radius 3 is 2.26 bits per heavy atom. The van der Waals surface area contributed by atoms with Crippen LogP contribution in [0.15, 0.2) is 35.1 Å². The summed E-state index contributed by atoms with van der Waals surface area (Å²) in [6.45, 7) is -0.250. The van der Waals surface area contributed by atoms with Crippen molar-refractivity contribution in [2.24, 2.45) is 5.73 Å². The van der Waals surface area contributed by atoms with E-state index in [4.69, 9.17) is 15.2 Å². The van der Waals surface area contributed by atoms with Gasteiger partial charge in [0.25, 0.3) is 5.56 Å². The fourth-order valence-electron chi connectivity index (χ4n) is 2.88. The number of alkyl halides is 3. The van der Waals surface area contributed by atoms with Crippen LogP contribution in [-0.4, -0.2) is 24.4 Å². The maximum Gasteiger partial charge on any atom is 0.416 e. The molecule has 9 heteroatoms. The highest BCUT2D eigenvalue weighted by Crippen LogP contribution is 2.38. The molecule has 3 N–H and O–H groups in total. The SMILES string of the molecule is COc1cc2c(-c3ccc(CN)c(C(F)(F)F)c3)n[nH]c(=O)c2cc1OC. The Bertz CT molecular complexity index is 1060. The molecule has 0 radical (unpaired) electrons. The quantitative estimate of drug-likeness (QED) is 0.727. The maximum atomic E-state index is 13.4. The van der Waals surface area contributed by atoms with Crippen LogP contribution in [0.2, 0.25) is 0 Å². The molecule has 0 saturated carbocycles. The van der Waals surface area contributed by atoms with Gasteiger partial charge in [-0.2, -0.15) is 18.3 Å². The van der Waals surface area contributed by atoms with Crippen LogP contribution in [0, 0.1) is 0 Å². The molecule has 0 saturated heterocycles. The first kappa shape index (κ1) is 18.7. The van der Waals surface area contributed by atoms with Crippen molar-refractivity contribution in [2.75, 3.05) is 14.2 Å². The molecule has 0 unspecified atom stereocenters. The van der Waals surface area contributed by atoms with Crippen molar-refractivity contribution in [3.05, 3.63) is 51.8 Å². The number of nitrogens with one attached hydrogen (secondary N) is 1. The number of aromatic amines is 1. The lowest BCUT2D eigenvalue weighted by molar-refractivity contribution is -0.138. The van der Waals surface area contributed by atoms with Gasteiger partial charge in [-0.15, -0.1) is 0 Å². The Kier molecular flexibility index (Phi) is 4.79. The number of nitrogens with zero attached hydrogens (tertiary/aromatic N) is 1. The Morgan fingerprint density at radius 1 is 1.07 bits per heavy atom. The molecular weight excluding hydrogens is 363 g/mol. The van der Waals surface area contributed by atoms with E-state index in [0.717, 1.165) is 6.07 Å². The molecule has 1 aromatic heterocycles. The van der Waals surface area contributed by atoms with Crippen molar-refractivity contribution < 1.29 is 22.6 Å². The first-order chi connectivity index (χ1) is 12.8. The van der Waals surface area contributed by atoms with Crippen LogP contribution in [0.5, 0.6) is 11.5 Å². The van der Waals surface area contributed by atoms with Gasteiger partial charge in [0.05, 0.1) is 30.9 Å². The number of hydrogen-bond donors (Lipinski definition) is 2. The van der Waals surface area contributed by atoms with Crippen LogP contribution in [0.4, 0.5) is 13.2 Å². The minimum Gasteiger partial charge on any atom is -0.493 e. The van der Waals surface area contributed by atoms with E-state index in [9.17, 15) is 18.0 Å². The van der Waals surface area contributed by atoms with E-state index < -0.39 is 17.3 Å². The number of nitrogens with two attached hydrogens (primary N) is 1. The van der Waals surface area contributed by atoms with E-state index in [0.29, 0.717) is 16.9 Å². The van der Waals surface area contributed by atoms with Crippen molar-refractivity contribution in [1.29, 1.82) is 0 Å². The molecule has 0 aliphatic heterocycles. The molecular formula is C18H16F3N3O3. The van der Waals surface area contributed by atoms with Gasteiger partial charge in [-0.1, -0.05) is 12.1 Å². The number of rotatable bonds is 4. The summed E-state index contributed by atoms with van der Waals surface area (Å²) in [5.74, 6) is 0.649. The summed E-state index contributed by atoms with van der Waals surface area (Å²) < 4.78 is 50.5. The highest BCUT2D eigenvalue weighted by atomic mass is 19.4. The van der Waals surface area contributed by atoms with Gasteiger partial charge < -0.3 is 15.2 Å². The van der Waals surface area contributed by atoms with Crippen molar-refractivity contribution in [3.63, 3.8) is 0 Å². The molecule has 0 amide bonds. The molecule has 0 aliphatic carbocycles. The topological polar surface area (TPSA) is 90.2 Å². The molecule has 6 nitrogen and oxygen atoms in total. The van der Waals surface area contributed by atoms with E-state index in [2.05, 4.69) is 10.2 Å². The second kappa shape index (κ2) is 6.92. The predicted octanol–water partition coefficient (Wildman–Crippen LogP) is 3.08. The molecule has 2 aromatic carbocycles. The number of aromatic nitrogens is 2. The lowest BCUT2D eigenvalue weighted by Gasteiger charge is -2.15. The number of halogens is 3. The third-order valence-corrected chi connectivity index (χ3v) is 4.20. The van der Waals surface area contributed by atoms with Crippen molar-refractivity contribution >= 4 is 10.8 Å². The number of methoxy groups -OCH3 is 2. The summed E-state index contributed by atoms with van der Waals surface area (Å²) in [5, 5.41) is 6.82. The first-order valence-corrected chi connectivity index (χ1v) is 7.85. The fraction of sp³-hybridized carbons (Fsp3) is 0.222. The average Bonchev–Trinajstić information content (AvgIpc) is 2.66. The van der Waals surface area contributed by atoms with Crippen LogP contribution >= 0.6 is 0 Å². The first-order valence-electron chi connectivity index (χ1n) is 7.85. The molecule has 3 aromatic rings. The van der Waals surface area contributed by atoms with E-state index >= 15 is 0 Å². The number of H-pyrrole nitrogens is 1. The molecule has 0 atom stereocenters. The standard InChI is InChI=1S/C18H16F3N3O3/c1-26-14-6-11-12(7-15(14)27-2)17(25)24-23-16(11)9-3-4-10(8-22)13(5-9)18(19,20)21/h3-7H,8,22H2,1-2H3,(H,24,25). The fourth-order valence-corrected chi connectivity index (χ4v) is 2.88. The second-order valence-electron chi connectivity index (χ2n) is 5.73. The second-order valence-corrected chi connectivity index (χ2v) is 5.73. The average molecular weight is 379 g/mol. The minimum atomic E-state index is -4.57. The number of hydrogen-bond acceptors (Lipinski definition) is 5. The third-order valence-electron chi connectivity index (χ3n) is 4.20. The molecule has 3 rings (SSSR count). The largest absolute Gasteiger partial charge is 0.493 e. The summed E-state index contributed by atoms with van der Waals surface area (Å²) in [6, 6.07) is 6.72. The molecule has 0 bridgehead atoms. The van der Waals surface area contributed by atoms with Gasteiger partial charge in [-0.3, -0.25) is 4.79 Å². The van der Waals surface area contributed by atoms with Crippen molar-refractivity contribution in [3.8, 4) is 22.8 Å². The molecule has 0 spiro atoms. The molecule has 27 heavy (non-hydrogen) atoms. The lowest BCUT2D eigenvalue weighted by Crippen LogP contribution is -2.13. The smallest absolute Gasteiger partial charge is 0.416 e. The highest BCUT2D eigenvalue weighted by Gasteiger charge is 2.33. The monoisotopic (exact) mass is 379 g/mol. The molecule has 0 aliphatic rings. The zero-order valence-electron chi connectivity index (χ0n) is 14.5. The zero-order chi connectivity index (χ0) is 19.8. The predicted molar refractivity (Wildman–Crippen MR) is 93.8 cm³/mol. The lowest BCUT2D eigenvalue weighted by atomic mass is 9.99. The summed E-state index contributed by atoms with van der Waals surface area (Å²) in [4.78, 5) is 12.1. The van der Waals surface area contributed by atoms with E-state index in [-0.39, 0.29) is 28.8 Å². The Hall–Kier alpha value is -3.07. The van der Waals surface area contributed by atoms with Gasteiger partial charge in [0.15, 0.2) is 11.5 Å². The summed E-state index contributed by atoms with van der Waals surface area (Å²) in [7, 11) is 2.84. The number of benzene rings is 2. The van der Waals surface area contributed by atoms with Crippen LogP contribution in [0.3, 0.4) is 0 Å². The van der Waals surface area contributed by atoms with Gasteiger partial charge in [0, 0.05) is 17.5 Å². The molecule has 142 valence electrons. The number of fused-ring (bicyclic) bond motifs is 1. The summed E-state index contributed by atoms with van der Waals surface area (Å²) >= 11 is 0. The van der Waals surface area contributed by atoms with Gasteiger partial charge in [-0.05, 0) is 23.8 Å². The van der Waals surface area contributed by atoms with Crippen molar-refractivity contribution in [1.82, 2.24) is 10.2 Å². The maximum absolute atomic E-state index is 13.4. The summed E-state index contributed by atoms with van der Waals surface area (Å²) in [6.07, 6.45) is -4.57. The van der Waals surface area contributed by atoms with Gasteiger partial charge in [-0.25, -0.2) is 5.10 Å².